The number of aliphatic hydroxyl groups excluding tert-OH is 1. The number of nitrogens with zero attached hydrogens (tertiary/aromatic N) is 2. The van der Waals surface area contributed by atoms with Crippen molar-refractivity contribution in [3.8, 4) is 11.1 Å². The van der Waals surface area contributed by atoms with E-state index in [-0.39, 0.29) is 36.6 Å². The molecular formula is C26H29N2O6. The van der Waals surface area contributed by atoms with Crippen LogP contribution in [0.5, 0.6) is 0 Å². The molecule has 1 amide bonds. The van der Waals surface area contributed by atoms with E-state index in [1.54, 1.807) is 17.0 Å². The van der Waals surface area contributed by atoms with Gasteiger partial charge < -0.3 is 14.7 Å². The molecule has 2 unspecified atom stereocenters. The molecule has 1 saturated heterocycles. The van der Waals surface area contributed by atoms with Crippen LogP contribution in [0, 0.1) is 22.1 Å². The molecule has 0 aromatic heterocycles. The van der Waals surface area contributed by atoms with E-state index < -0.39 is 17.0 Å². The lowest BCUT2D eigenvalue weighted by molar-refractivity contribution is -0.384. The molecule has 3 rings (SSSR count). The SMILES string of the molecule is CC(=O)OCC1CN(C(=O)/C=C/c2cc[c]c([N+](=O)[O-])c2-c2ccccc2C(C)C)CCC1O. The second-order valence-electron chi connectivity index (χ2n) is 8.69. The molecule has 1 radical (unpaired) electrons. The fraction of sp³-hybridized carbons (Fsp3) is 0.385. The molecule has 1 aliphatic heterocycles. The predicted octanol–water partition coefficient (Wildman–Crippen LogP) is 3.97. The molecule has 0 saturated carbocycles. The quantitative estimate of drug-likeness (QED) is 0.287. The van der Waals surface area contributed by atoms with Crippen molar-refractivity contribution in [2.24, 2.45) is 5.92 Å². The number of nitro benzene ring substituents is 1. The third kappa shape index (κ3) is 5.88. The van der Waals surface area contributed by atoms with E-state index in [1.807, 2.05) is 38.1 Å². The van der Waals surface area contributed by atoms with Crippen molar-refractivity contribution in [2.75, 3.05) is 19.7 Å². The summed E-state index contributed by atoms with van der Waals surface area (Å²) in [4.78, 5) is 37.0. The van der Waals surface area contributed by atoms with Gasteiger partial charge in [-0.3, -0.25) is 19.7 Å². The van der Waals surface area contributed by atoms with Crippen molar-refractivity contribution in [1.82, 2.24) is 4.90 Å². The van der Waals surface area contributed by atoms with Crippen LogP contribution >= 0.6 is 0 Å². The van der Waals surface area contributed by atoms with Crippen LogP contribution in [0.3, 0.4) is 0 Å². The average Bonchev–Trinajstić information content (AvgIpc) is 2.81. The number of piperidine rings is 1. The molecule has 8 nitrogen and oxygen atoms in total. The zero-order valence-corrected chi connectivity index (χ0v) is 19.6. The van der Waals surface area contributed by atoms with Crippen molar-refractivity contribution in [2.45, 2.75) is 39.2 Å². The minimum absolute atomic E-state index is 0.0425. The monoisotopic (exact) mass is 465 g/mol. The molecular weight excluding hydrogens is 436 g/mol. The molecule has 1 fully saturated rings. The van der Waals surface area contributed by atoms with Gasteiger partial charge in [0, 0.05) is 32.0 Å². The van der Waals surface area contributed by atoms with Crippen LogP contribution in [-0.4, -0.2) is 52.6 Å². The van der Waals surface area contributed by atoms with E-state index in [9.17, 15) is 24.8 Å². The van der Waals surface area contributed by atoms with Gasteiger partial charge in [-0.05, 0) is 41.2 Å². The number of amides is 1. The Hall–Kier alpha value is -3.52. The van der Waals surface area contributed by atoms with Gasteiger partial charge >= 0.3 is 5.97 Å². The van der Waals surface area contributed by atoms with E-state index in [4.69, 9.17) is 4.74 Å². The first-order chi connectivity index (χ1) is 16.2. The number of hydrogen-bond acceptors (Lipinski definition) is 6. The van der Waals surface area contributed by atoms with Crippen LogP contribution in [-0.2, 0) is 14.3 Å². The largest absolute Gasteiger partial charge is 0.465 e. The first-order valence-electron chi connectivity index (χ1n) is 11.3. The van der Waals surface area contributed by atoms with E-state index in [0.29, 0.717) is 24.1 Å². The second-order valence-corrected chi connectivity index (χ2v) is 8.69. The standard InChI is InChI=1S/C26H29N2O6/c1-17(2)21-8-4-5-9-22(21)26-19(7-6-10-23(26)28(32)33)11-12-25(31)27-14-13-24(30)20(15-27)16-34-18(3)29/h4-9,11-12,17,20,24,30H,13-16H2,1-3H3/b12-11+. The number of carbonyl (C=O) groups excluding carboxylic acids is 2. The highest BCUT2D eigenvalue weighted by Crippen LogP contribution is 2.38. The molecule has 2 aromatic rings. The Balaban J connectivity index is 1.91. The maximum atomic E-state index is 12.9. The number of rotatable bonds is 7. The van der Waals surface area contributed by atoms with E-state index in [0.717, 1.165) is 11.1 Å². The Labute approximate surface area is 199 Å². The summed E-state index contributed by atoms with van der Waals surface area (Å²) < 4.78 is 5.02. The van der Waals surface area contributed by atoms with Gasteiger partial charge in [-0.15, -0.1) is 0 Å². The molecule has 2 aromatic carbocycles. The third-order valence-corrected chi connectivity index (χ3v) is 5.95. The Morgan fingerprint density at radius 2 is 2.06 bits per heavy atom. The smallest absolute Gasteiger partial charge is 0.302 e. The zero-order valence-electron chi connectivity index (χ0n) is 19.6. The maximum Gasteiger partial charge on any atom is 0.302 e. The Kier molecular flexibility index (Phi) is 8.17. The van der Waals surface area contributed by atoms with Gasteiger partial charge in [0.15, 0.2) is 0 Å². The van der Waals surface area contributed by atoms with E-state index in [1.165, 1.54) is 19.1 Å². The lowest BCUT2D eigenvalue weighted by Crippen LogP contribution is -2.47. The summed E-state index contributed by atoms with van der Waals surface area (Å²) >= 11 is 0. The van der Waals surface area contributed by atoms with E-state index >= 15 is 0 Å². The molecule has 1 heterocycles. The average molecular weight is 466 g/mol. The molecule has 8 heteroatoms. The number of ether oxygens (including phenoxy) is 1. The molecule has 34 heavy (non-hydrogen) atoms. The molecule has 0 spiro atoms. The van der Waals surface area contributed by atoms with Crippen LogP contribution in [0.15, 0.2) is 42.5 Å². The van der Waals surface area contributed by atoms with Gasteiger partial charge in [0.05, 0.1) is 29.3 Å². The maximum absolute atomic E-state index is 12.9. The number of likely N-dealkylation sites (tertiary alicyclic amines) is 1. The summed E-state index contributed by atoms with van der Waals surface area (Å²) in [5, 5.41) is 22.0. The first-order valence-corrected chi connectivity index (χ1v) is 11.3. The van der Waals surface area contributed by atoms with Crippen molar-refractivity contribution in [3.05, 3.63) is 69.8 Å². The Morgan fingerprint density at radius 1 is 1.32 bits per heavy atom. The summed E-state index contributed by atoms with van der Waals surface area (Å²) in [7, 11) is 0. The third-order valence-electron chi connectivity index (χ3n) is 5.95. The number of nitro groups is 1. The number of carbonyl (C=O) groups is 2. The molecule has 1 aliphatic rings. The Morgan fingerprint density at radius 3 is 2.74 bits per heavy atom. The summed E-state index contributed by atoms with van der Waals surface area (Å²) in [6, 6.07) is 13.4. The summed E-state index contributed by atoms with van der Waals surface area (Å²) in [6.45, 7) is 6.00. The van der Waals surface area contributed by atoms with Crippen LogP contribution in [0.25, 0.3) is 17.2 Å². The fourth-order valence-electron chi connectivity index (χ4n) is 4.17. The van der Waals surface area contributed by atoms with Gasteiger partial charge in [0.25, 0.3) is 5.69 Å². The van der Waals surface area contributed by atoms with Crippen LogP contribution in [0.4, 0.5) is 5.69 Å². The minimum Gasteiger partial charge on any atom is -0.465 e. The van der Waals surface area contributed by atoms with Gasteiger partial charge in [-0.25, -0.2) is 0 Å². The number of esters is 1. The molecule has 2 atom stereocenters. The van der Waals surface area contributed by atoms with Crippen LogP contribution in [0.2, 0.25) is 0 Å². The van der Waals surface area contributed by atoms with Crippen molar-refractivity contribution < 1.29 is 24.4 Å². The van der Waals surface area contributed by atoms with Gasteiger partial charge in [-0.2, -0.15) is 0 Å². The minimum atomic E-state index is -0.654. The van der Waals surface area contributed by atoms with Crippen molar-refractivity contribution in [1.29, 1.82) is 0 Å². The zero-order chi connectivity index (χ0) is 24.8. The predicted molar refractivity (Wildman–Crippen MR) is 128 cm³/mol. The highest BCUT2D eigenvalue weighted by atomic mass is 16.6. The highest BCUT2D eigenvalue weighted by Gasteiger charge is 2.30. The molecule has 0 aliphatic carbocycles. The van der Waals surface area contributed by atoms with Crippen LogP contribution in [0.1, 0.15) is 44.2 Å². The lowest BCUT2D eigenvalue weighted by Gasteiger charge is -2.35. The normalized spacial score (nSPS) is 18.3. The van der Waals surface area contributed by atoms with E-state index in [2.05, 4.69) is 6.07 Å². The topological polar surface area (TPSA) is 110 Å². The number of benzene rings is 2. The van der Waals surface area contributed by atoms with Gasteiger partial charge in [0.1, 0.15) is 0 Å². The molecule has 179 valence electrons. The summed E-state index contributed by atoms with van der Waals surface area (Å²) in [6.07, 6.45) is 2.70. The number of aliphatic hydroxyl groups is 1. The highest BCUT2D eigenvalue weighted by molar-refractivity contribution is 5.94. The fourth-order valence-corrected chi connectivity index (χ4v) is 4.17. The molecule has 1 N–H and O–H groups in total. The Bertz CT molecular complexity index is 1090. The number of hydrogen-bond donors (Lipinski definition) is 1. The second kappa shape index (κ2) is 11.1. The van der Waals surface area contributed by atoms with Crippen LogP contribution < -0.4 is 0 Å². The summed E-state index contributed by atoms with van der Waals surface area (Å²) in [5.41, 5.74) is 2.51. The van der Waals surface area contributed by atoms with Crippen molar-refractivity contribution in [3.63, 3.8) is 0 Å². The first kappa shape index (κ1) is 25.1. The van der Waals surface area contributed by atoms with Gasteiger partial charge in [0.2, 0.25) is 5.91 Å². The van der Waals surface area contributed by atoms with Crippen molar-refractivity contribution >= 4 is 23.6 Å². The summed E-state index contributed by atoms with van der Waals surface area (Å²) in [5.74, 6) is -0.940. The lowest BCUT2D eigenvalue weighted by atomic mass is 9.89. The van der Waals surface area contributed by atoms with Gasteiger partial charge in [-0.1, -0.05) is 44.2 Å². The molecule has 0 bridgehead atoms.